The van der Waals surface area contributed by atoms with Crippen molar-refractivity contribution in [2.45, 2.75) is 6.92 Å². The van der Waals surface area contributed by atoms with Crippen LogP contribution in [0.15, 0.2) is 48.5 Å². The minimum absolute atomic E-state index is 0.674. The van der Waals surface area contributed by atoms with Crippen molar-refractivity contribution in [3.63, 3.8) is 0 Å². The van der Waals surface area contributed by atoms with Crippen LogP contribution in [0.5, 0.6) is 11.5 Å². The van der Waals surface area contributed by atoms with Gasteiger partial charge in [0.2, 0.25) is 0 Å². The molecule has 0 radical (unpaired) electrons. The number of nitrogens with zero attached hydrogens (tertiary/aromatic N) is 2. The van der Waals surface area contributed by atoms with Crippen molar-refractivity contribution in [3.05, 3.63) is 54.2 Å². The normalized spacial score (nSPS) is 11.0. The highest BCUT2D eigenvalue weighted by Gasteiger charge is 2.07. The number of ether oxygens (including phenoxy) is 2. The van der Waals surface area contributed by atoms with Crippen LogP contribution < -0.4 is 14.8 Å². The summed E-state index contributed by atoms with van der Waals surface area (Å²) in [4.78, 5) is 6.69. The first kappa shape index (κ1) is 18.0. The first-order valence-electron chi connectivity index (χ1n) is 8.65. The summed E-state index contributed by atoms with van der Waals surface area (Å²) in [5, 5.41) is 4.51. The maximum atomic E-state index is 5.75. The predicted octanol–water partition coefficient (Wildman–Crippen LogP) is 4.24. The number of rotatable bonds is 7. The van der Waals surface area contributed by atoms with Gasteiger partial charge in [-0.15, -0.1) is 0 Å². The molecular formula is C21H25N3O2. The van der Waals surface area contributed by atoms with Crippen molar-refractivity contribution < 1.29 is 9.47 Å². The summed E-state index contributed by atoms with van der Waals surface area (Å²) in [7, 11) is 5.74. The van der Waals surface area contributed by atoms with Crippen LogP contribution in [-0.2, 0) is 0 Å². The minimum atomic E-state index is 0.674. The number of nitrogens with one attached hydrogen (secondary N) is 1. The van der Waals surface area contributed by atoms with E-state index in [1.807, 2.05) is 69.6 Å². The first-order chi connectivity index (χ1) is 12.5. The van der Waals surface area contributed by atoms with Gasteiger partial charge >= 0.3 is 0 Å². The van der Waals surface area contributed by atoms with E-state index in [-0.39, 0.29) is 0 Å². The monoisotopic (exact) mass is 351 g/mol. The number of hydrogen-bond acceptors (Lipinski definition) is 5. The SMILES string of the molecule is COc1ccc2nc(C)cc(Nc3ccc(OCCN(C)C)cc3)c2c1. The summed E-state index contributed by atoms with van der Waals surface area (Å²) in [6, 6.07) is 16.0. The van der Waals surface area contributed by atoms with Crippen LogP contribution >= 0.6 is 0 Å². The van der Waals surface area contributed by atoms with Crippen LogP contribution in [0, 0.1) is 6.92 Å². The molecule has 136 valence electrons. The molecule has 0 fully saturated rings. The zero-order valence-electron chi connectivity index (χ0n) is 15.7. The molecule has 0 aliphatic heterocycles. The van der Waals surface area contributed by atoms with Crippen LogP contribution in [0.2, 0.25) is 0 Å². The number of methoxy groups -OCH3 is 1. The summed E-state index contributed by atoms with van der Waals surface area (Å²) in [6.45, 7) is 3.56. The molecular weight excluding hydrogens is 326 g/mol. The van der Waals surface area contributed by atoms with E-state index in [2.05, 4.69) is 15.2 Å². The highest BCUT2D eigenvalue weighted by molar-refractivity contribution is 5.94. The van der Waals surface area contributed by atoms with Crippen molar-refractivity contribution in [1.82, 2.24) is 9.88 Å². The van der Waals surface area contributed by atoms with Gasteiger partial charge in [0.05, 0.1) is 12.6 Å². The van der Waals surface area contributed by atoms with Crippen molar-refractivity contribution in [1.29, 1.82) is 0 Å². The van der Waals surface area contributed by atoms with E-state index in [4.69, 9.17) is 9.47 Å². The third kappa shape index (κ3) is 4.43. The molecule has 0 saturated heterocycles. The maximum absolute atomic E-state index is 5.75. The lowest BCUT2D eigenvalue weighted by Crippen LogP contribution is -2.19. The van der Waals surface area contributed by atoms with Gasteiger partial charge in [-0.05, 0) is 69.6 Å². The van der Waals surface area contributed by atoms with E-state index in [1.165, 1.54) is 0 Å². The molecule has 3 aromatic rings. The largest absolute Gasteiger partial charge is 0.497 e. The van der Waals surface area contributed by atoms with Crippen molar-refractivity contribution in [3.8, 4) is 11.5 Å². The Labute approximate surface area is 154 Å². The molecule has 1 heterocycles. The van der Waals surface area contributed by atoms with Crippen LogP contribution in [-0.4, -0.2) is 44.2 Å². The average molecular weight is 351 g/mol. The second kappa shape index (κ2) is 8.06. The zero-order chi connectivity index (χ0) is 18.5. The van der Waals surface area contributed by atoms with Crippen molar-refractivity contribution in [2.75, 3.05) is 39.7 Å². The number of benzene rings is 2. The first-order valence-corrected chi connectivity index (χ1v) is 8.65. The van der Waals surface area contributed by atoms with E-state index in [0.717, 1.165) is 46.0 Å². The van der Waals surface area contributed by atoms with Crippen LogP contribution in [0.1, 0.15) is 5.69 Å². The molecule has 0 unspecified atom stereocenters. The standard InChI is InChI=1S/C21H25N3O2/c1-15-13-21(19-14-18(25-4)9-10-20(19)22-15)23-16-5-7-17(8-6-16)26-12-11-24(2)3/h5-10,13-14H,11-12H2,1-4H3,(H,22,23). The number of pyridine rings is 1. The quantitative estimate of drug-likeness (QED) is 0.690. The van der Waals surface area contributed by atoms with Gasteiger partial charge in [-0.2, -0.15) is 0 Å². The molecule has 0 bridgehead atoms. The Bertz CT molecular complexity index is 876. The van der Waals surface area contributed by atoms with E-state index in [1.54, 1.807) is 7.11 Å². The Morgan fingerprint density at radius 3 is 2.42 bits per heavy atom. The van der Waals surface area contributed by atoms with E-state index >= 15 is 0 Å². The lowest BCUT2D eigenvalue weighted by atomic mass is 10.1. The number of anilines is 2. The molecule has 0 atom stereocenters. The number of hydrogen-bond donors (Lipinski definition) is 1. The third-order valence-electron chi connectivity index (χ3n) is 4.08. The third-order valence-corrected chi connectivity index (χ3v) is 4.08. The van der Waals surface area contributed by atoms with Gasteiger partial charge in [0.15, 0.2) is 0 Å². The van der Waals surface area contributed by atoms with Gasteiger partial charge in [-0.3, -0.25) is 4.98 Å². The molecule has 26 heavy (non-hydrogen) atoms. The summed E-state index contributed by atoms with van der Waals surface area (Å²) in [5.41, 5.74) is 3.91. The molecule has 0 aliphatic carbocycles. The molecule has 1 N–H and O–H groups in total. The van der Waals surface area contributed by atoms with Gasteiger partial charge in [0.25, 0.3) is 0 Å². The summed E-state index contributed by atoms with van der Waals surface area (Å²) >= 11 is 0. The lowest BCUT2D eigenvalue weighted by molar-refractivity contribution is 0.261. The van der Waals surface area contributed by atoms with E-state index < -0.39 is 0 Å². The minimum Gasteiger partial charge on any atom is -0.497 e. The van der Waals surface area contributed by atoms with E-state index in [0.29, 0.717) is 6.61 Å². The van der Waals surface area contributed by atoms with Gasteiger partial charge in [0, 0.05) is 29.0 Å². The molecule has 0 amide bonds. The second-order valence-electron chi connectivity index (χ2n) is 6.50. The molecule has 5 heteroatoms. The van der Waals surface area contributed by atoms with Crippen LogP contribution in [0.3, 0.4) is 0 Å². The average Bonchev–Trinajstić information content (AvgIpc) is 2.62. The highest BCUT2D eigenvalue weighted by Crippen LogP contribution is 2.30. The molecule has 0 aliphatic rings. The summed E-state index contributed by atoms with van der Waals surface area (Å²) < 4.78 is 11.1. The fourth-order valence-electron chi connectivity index (χ4n) is 2.70. The number of fused-ring (bicyclic) bond motifs is 1. The van der Waals surface area contributed by atoms with E-state index in [9.17, 15) is 0 Å². The van der Waals surface area contributed by atoms with Crippen LogP contribution in [0.4, 0.5) is 11.4 Å². The van der Waals surface area contributed by atoms with Gasteiger partial charge in [-0.1, -0.05) is 0 Å². The smallest absolute Gasteiger partial charge is 0.119 e. The lowest BCUT2D eigenvalue weighted by Gasteiger charge is -2.13. The fourth-order valence-corrected chi connectivity index (χ4v) is 2.70. The molecule has 0 spiro atoms. The second-order valence-corrected chi connectivity index (χ2v) is 6.50. The van der Waals surface area contributed by atoms with Gasteiger partial charge < -0.3 is 19.7 Å². The molecule has 5 nitrogen and oxygen atoms in total. The number of aromatic nitrogens is 1. The van der Waals surface area contributed by atoms with Crippen molar-refractivity contribution >= 4 is 22.3 Å². The highest BCUT2D eigenvalue weighted by atomic mass is 16.5. The molecule has 1 aromatic heterocycles. The van der Waals surface area contributed by atoms with Gasteiger partial charge in [-0.25, -0.2) is 0 Å². The number of likely N-dealkylation sites (N-methyl/N-ethyl adjacent to an activating group) is 1. The Balaban J connectivity index is 1.80. The Morgan fingerprint density at radius 1 is 1.00 bits per heavy atom. The topological polar surface area (TPSA) is 46.6 Å². The summed E-state index contributed by atoms with van der Waals surface area (Å²) in [6.07, 6.45) is 0. The fraction of sp³-hybridized carbons (Fsp3) is 0.286. The Morgan fingerprint density at radius 2 is 1.73 bits per heavy atom. The number of aryl methyl sites for hydroxylation is 1. The predicted molar refractivity (Wildman–Crippen MR) is 107 cm³/mol. The zero-order valence-corrected chi connectivity index (χ0v) is 15.7. The molecule has 3 rings (SSSR count). The Kier molecular flexibility index (Phi) is 5.58. The maximum Gasteiger partial charge on any atom is 0.119 e. The van der Waals surface area contributed by atoms with Gasteiger partial charge in [0.1, 0.15) is 18.1 Å². The Hall–Kier alpha value is -2.79. The molecule has 0 saturated carbocycles. The molecule has 2 aromatic carbocycles. The van der Waals surface area contributed by atoms with Crippen molar-refractivity contribution in [2.24, 2.45) is 0 Å². The van der Waals surface area contributed by atoms with Crippen LogP contribution in [0.25, 0.3) is 10.9 Å². The summed E-state index contributed by atoms with van der Waals surface area (Å²) in [5.74, 6) is 1.69.